The predicted octanol–water partition coefficient (Wildman–Crippen LogP) is 1.97. The summed E-state index contributed by atoms with van der Waals surface area (Å²) in [6.45, 7) is 2.70. The summed E-state index contributed by atoms with van der Waals surface area (Å²) in [5.41, 5.74) is 4.09. The molecule has 20 heavy (non-hydrogen) atoms. The predicted molar refractivity (Wildman–Crippen MR) is 81.3 cm³/mol. The van der Waals surface area contributed by atoms with Gasteiger partial charge in [0.25, 0.3) is 0 Å². The average molecular weight is 270 g/mol. The monoisotopic (exact) mass is 270 g/mol. The van der Waals surface area contributed by atoms with Crippen LogP contribution in [-0.4, -0.2) is 19.0 Å². The third-order valence-corrected chi connectivity index (χ3v) is 3.76. The zero-order valence-corrected chi connectivity index (χ0v) is 12.0. The fourth-order valence-electron chi connectivity index (χ4n) is 2.65. The molecule has 2 rings (SSSR count). The lowest BCUT2D eigenvalue weighted by Crippen LogP contribution is -2.35. The minimum atomic E-state index is -0.0227. The van der Waals surface area contributed by atoms with Gasteiger partial charge in [-0.15, -0.1) is 6.42 Å². The number of benzene rings is 1. The molecule has 0 bridgehead atoms. The SMILES string of the molecule is C#CCNCC(=O)NC(C)c1ccc2c(c1)CCCC2. The molecule has 1 unspecified atom stereocenters. The van der Waals surface area contributed by atoms with Crippen molar-refractivity contribution >= 4 is 5.91 Å². The number of nitrogens with one attached hydrogen (secondary N) is 2. The smallest absolute Gasteiger partial charge is 0.234 e. The maximum atomic E-state index is 11.7. The van der Waals surface area contributed by atoms with E-state index in [9.17, 15) is 4.79 Å². The molecule has 3 heteroatoms. The van der Waals surface area contributed by atoms with Crippen molar-refractivity contribution in [1.29, 1.82) is 0 Å². The Morgan fingerprint density at radius 1 is 1.35 bits per heavy atom. The number of carbonyl (C=O) groups is 1. The van der Waals surface area contributed by atoms with Gasteiger partial charge in [-0.1, -0.05) is 24.1 Å². The lowest BCUT2D eigenvalue weighted by Gasteiger charge is -2.20. The second-order valence-electron chi connectivity index (χ2n) is 5.33. The lowest BCUT2D eigenvalue weighted by atomic mass is 9.89. The van der Waals surface area contributed by atoms with Crippen molar-refractivity contribution in [2.75, 3.05) is 13.1 Å². The second kappa shape index (κ2) is 7.12. The van der Waals surface area contributed by atoms with Crippen molar-refractivity contribution < 1.29 is 4.79 Å². The molecule has 1 amide bonds. The molecule has 106 valence electrons. The second-order valence-corrected chi connectivity index (χ2v) is 5.33. The quantitative estimate of drug-likeness (QED) is 0.634. The van der Waals surface area contributed by atoms with Gasteiger partial charge in [-0.05, 0) is 49.3 Å². The fraction of sp³-hybridized carbons (Fsp3) is 0.471. The number of terminal acetylenes is 1. The molecule has 0 aromatic heterocycles. The van der Waals surface area contributed by atoms with E-state index in [0.717, 1.165) is 6.42 Å². The Bertz CT molecular complexity index is 516. The van der Waals surface area contributed by atoms with E-state index in [4.69, 9.17) is 6.42 Å². The Morgan fingerprint density at radius 2 is 2.10 bits per heavy atom. The maximum absolute atomic E-state index is 11.7. The van der Waals surface area contributed by atoms with Crippen LogP contribution in [0.25, 0.3) is 0 Å². The van der Waals surface area contributed by atoms with Gasteiger partial charge in [-0.25, -0.2) is 0 Å². The minimum absolute atomic E-state index is 0.0227. The number of fused-ring (bicyclic) bond motifs is 1. The van der Waals surface area contributed by atoms with E-state index < -0.39 is 0 Å². The summed E-state index contributed by atoms with van der Waals surface area (Å²) in [4.78, 5) is 11.7. The van der Waals surface area contributed by atoms with Gasteiger partial charge in [0, 0.05) is 0 Å². The molecule has 0 saturated carbocycles. The van der Waals surface area contributed by atoms with Crippen LogP contribution >= 0.6 is 0 Å². The molecule has 0 radical (unpaired) electrons. The molecule has 0 aliphatic heterocycles. The van der Waals surface area contributed by atoms with Gasteiger partial charge in [0.1, 0.15) is 0 Å². The van der Waals surface area contributed by atoms with Crippen LogP contribution in [0.3, 0.4) is 0 Å². The molecule has 1 atom stereocenters. The number of amides is 1. The summed E-state index contributed by atoms with van der Waals surface area (Å²) in [5, 5.41) is 5.89. The van der Waals surface area contributed by atoms with Crippen molar-refractivity contribution in [3.8, 4) is 12.3 Å². The largest absolute Gasteiger partial charge is 0.348 e. The molecular weight excluding hydrogens is 248 g/mol. The summed E-state index contributed by atoms with van der Waals surface area (Å²) in [5.74, 6) is 2.43. The van der Waals surface area contributed by atoms with E-state index in [2.05, 4.69) is 34.8 Å². The van der Waals surface area contributed by atoms with Crippen molar-refractivity contribution in [3.63, 3.8) is 0 Å². The highest BCUT2D eigenvalue weighted by molar-refractivity contribution is 5.78. The first-order chi connectivity index (χ1) is 9.70. The van der Waals surface area contributed by atoms with Crippen LogP contribution in [0, 0.1) is 12.3 Å². The number of carbonyl (C=O) groups excluding carboxylic acids is 1. The highest BCUT2D eigenvalue weighted by Crippen LogP contribution is 2.24. The van der Waals surface area contributed by atoms with Crippen molar-refractivity contribution in [1.82, 2.24) is 10.6 Å². The molecule has 1 aliphatic carbocycles. The average Bonchev–Trinajstić information content (AvgIpc) is 2.47. The van der Waals surface area contributed by atoms with Crippen LogP contribution in [0.5, 0.6) is 0 Å². The van der Waals surface area contributed by atoms with E-state index in [-0.39, 0.29) is 18.5 Å². The Labute approximate surface area is 121 Å². The van der Waals surface area contributed by atoms with E-state index in [1.165, 1.54) is 36.0 Å². The van der Waals surface area contributed by atoms with Crippen LogP contribution in [-0.2, 0) is 17.6 Å². The van der Waals surface area contributed by atoms with Crippen LogP contribution in [0.15, 0.2) is 18.2 Å². The standard InChI is InChI=1S/C17H22N2O/c1-3-10-18-12-17(20)19-13(2)15-9-8-14-6-4-5-7-16(14)11-15/h1,8-9,11,13,18H,4-7,10,12H2,2H3,(H,19,20). The number of rotatable bonds is 5. The number of hydrogen-bond donors (Lipinski definition) is 2. The first-order valence-electron chi connectivity index (χ1n) is 7.26. The molecule has 0 saturated heterocycles. The molecule has 1 aliphatic rings. The normalized spacial score (nSPS) is 15.0. The Balaban J connectivity index is 1.93. The topological polar surface area (TPSA) is 41.1 Å². The number of hydrogen-bond acceptors (Lipinski definition) is 2. The summed E-state index contributed by atoms with van der Waals surface area (Å²) in [6.07, 6.45) is 10.0. The summed E-state index contributed by atoms with van der Waals surface area (Å²) >= 11 is 0. The highest BCUT2D eigenvalue weighted by atomic mass is 16.1. The van der Waals surface area contributed by atoms with Gasteiger partial charge in [0.05, 0.1) is 19.1 Å². The van der Waals surface area contributed by atoms with Gasteiger partial charge in [-0.3, -0.25) is 10.1 Å². The van der Waals surface area contributed by atoms with E-state index in [1.807, 2.05) is 6.92 Å². The zero-order chi connectivity index (χ0) is 14.4. The van der Waals surface area contributed by atoms with Gasteiger partial charge in [0.2, 0.25) is 5.91 Å². The Kier molecular flexibility index (Phi) is 5.20. The van der Waals surface area contributed by atoms with Crippen LogP contribution in [0.4, 0.5) is 0 Å². The molecule has 1 aromatic rings. The van der Waals surface area contributed by atoms with Crippen molar-refractivity contribution in [2.24, 2.45) is 0 Å². The van der Waals surface area contributed by atoms with Gasteiger partial charge < -0.3 is 5.32 Å². The molecule has 1 aromatic carbocycles. The van der Waals surface area contributed by atoms with Crippen LogP contribution in [0.2, 0.25) is 0 Å². The van der Waals surface area contributed by atoms with Gasteiger partial charge in [0.15, 0.2) is 0 Å². The van der Waals surface area contributed by atoms with Gasteiger partial charge in [-0.2, -0.15) is 0 Å². The van der Waals surface area contributed by atoms with E-state index in [1.54, 1.807) is 0 Å². The number of aryl methyl sites for hydroxylation is 2. The maximum Gasteiger partial charge on any atom is 0.234 e. The first kappa shape index (κ1) is 14.6. The molecule has 0 heterocycles. The lowest BCUT2D eigenvalue weighted by molar-refractivity contribution is -0.120. The van der Waals surface area contributed by atoms with Crippen LogP contribution < -0.4 is 10.6 Å². The zero-order valence-electron chi connectivity index (χ0n) is 12.0. The molecule has 3 nitrogen and oxygen atoms in total. The third kappa shape index (κ3) is 3.85. The first-order valence-corrected chi connectivity index (χ1v) is 7.26. The highest BCUT2D eigenvalue weighted by Gasteiger charge is 2.13. The van der Waals surface area contributed by atoms with Crippen molar-refractivity contribution in [2.45, 2.75) is 38.6 Å². The summed E-state index contributed by atoms with van der Waals surface area (Å²) in [7, 11) is 0. The minimum Gasteiger partial charge on any atom is -0.348 e. The summed E-state index contributed by atoms with van der Waals surface area (Å²) in [6, 6.07) is 6.61. The summed E-state index contributed by atoms with van der Waals surface area (Å²) < 4.78 is 0. The van der Waals surface area contributed by atoms with Crippen molar-refractivity contribution in [3.05, 3.63) is 34.9 Å². The molecular formula is C17H22N2O. The van der Waals surface area contributed by atoms with Gasteiger partial charge >= 0.3 is 0 Å². The molecule has 0 spiro atoms. The Morgan fingerprint density at radius 3 is 2.85 bits per heavy atom. The van der Waals surface area contributed by atoms with Crippen LogP contribution in [0.1, 0.15) is 42.5 Å². The van der Waals surface area contributed by atoms with E-state index >= 15 is 0 Å². The molecule has 2 N–H and O–H groups in total. The third-order valence-electron chi connectivity index (χ3n) is 3.76. The Hall–Kier alpha value is -1.79. The van der Waals surface area contributed by atoms with E-state index in [0.29, 0.717) is 6.54 Å². The molecule has 0 fully saturated rings. The fourth-order valence-corrected chi connectivity index (χ4v) is 2.65.